The maximum absolute atomic E-state index is 6.32. The van der Waals surface area contributed by atoms with Crippen LogP contribution in [0.2, 0.25) is 0 Å². The molecule has 0 saturated carbocycles. The van der Waals surface area contributed by atoms with Gasteiger partial charge in [-0.25, -0.2) is 15.0 Å². The van der Waals surface area contributed by atoms with Gasteiger partial charge in [-0.05, 0) is 75.1 Å². The summed E-state index contributed by atoms with van der Waals surface area (Å²) in [6.07, 6.45) is 0. The van der Waals surface area contributed by atoms with Crippen molar-refractivity contribution in [2.24, 2.45) is 0 Å². The van der Waals surface area contributed by atoms with E-state index in [0.717, 1.165) is 71.9 Å². The van der Waals surface area contributed by atoms with Crippen molar-refractivity contribution in [1.82, 2.24) is 15.0 Å². The molecule has 11 aromatic rings. The van der Waals surface area contributed by atoms with Crippen LogP contribution in [0, 0.1) is 0 Å². The Balaban J connectivity index is 1.03. The van der Waals surface area contributed by atoms with Gasteiger partial charge in [0.05, 0.1) is 0 Å². The van der Waals surface area contributed by atoms with Gasteiger partial charge in [-0.2, -0.15) is 0 Å². The molecule has 0 fully saturated rings. The maximum atomic E-state index is 6.32. The van der Waals surface area contributed by atoms with Gasteiger partial charge in [0.15, 0.2) is 17.5 Å². The predicted molar refractivity (Wildman–Crippen MR) is 219 cm³/mol. The Kier molecular flexibility index (Phi) is 6.79. The molecule has 0 atom stereocenters. The molecule has 3 heterocycles. The number of para-hydroxylation sites is 1. The summed E-state index contributed by atoms with van der Waals surface area (Å²) in [5.74, 6) is 2.60. The summed E-state index contributed by atoms with van der Waals surface area (Å²) in [7, 11) is 0. The molecular formula is C49H29N3O2. The second-order valence-electron chi connectivity index (χ2n) is 13.6. The van der Waals surface area contributed by atoms with Crippen molar-refractivity contribution in [2.45, 2.75) is 0 Å². The zero-order chi connectivity index (χ0) is 35.6. The number of hydrogen-bond donors (Lipinski definition) is 0. The minimum absolute atomic E-state index is 0.589. The van der Waals surface area contributed by atoms with Gasteiger partial charge in [0.1, 0.15) is 22.5 Å². The minimum Gasteiger partial charge on any atom is -0.456 e. The average Bonchev–Trinajstić information content (AvgIpc) is 3.84. The van der Waals surface area contributed by atoms with Crippen LogP contribution in [0.4, 0.5) is 0 Å². The lowest BCUT2D eigenvalue weighted by Crippen LogP contribution is -2.00. The van der Waals surface area contributed by atoms with Crippen LogP contribution in [0.3, 0.4) is 0 Å². The van der Waals surface area contributed by atoms with E-state index in [1.165, 1.54) is 21.7 Å². The number of fused-ring (bicyclic) bond motifs is 6. The Labute approximate surface area is 309 Å². The molecule has 0 radical (unpaired) electrons. The van der Waals surface area contributed by atoms with Crippen LogP contribution in [0.15, 0.2) is 185 Å². The highest BCUT2D eigenvalue weighted by molar-refractivity contribution is 6.11. The van der Waals surface area contributed by atoms with Crippen LogP contribution in [0.25, 0.3) is 111 Å². The van der Waals surface area contributed by atoms with Crippen molar-refractivity contribution in [3.05, 3.63) is 176 Å². The van der Waals surface area contributed by atoms with Gasteiger partial charge in [0.25, 0.3) is 0 Å². The van der Waals surface area contributed by atoms with Crippen LogP contribution >= 0.6 is 0 Å². The fourth-order valence-electron chi connectivity index (χ4n) is 7.55. The molecule has 0 aliphatic carbocycles. The van der Waals surface area contributed by atoms with E-state index in [-0.39, 0.29) is 0 Å². The first kappa shape index (κ1) is 30.3. The summed E-state index contributed by atoms with van der Waals surface area (Å²) in [5, 5.41) is 7.91. The van der Waals surface area contributed by atoms with Crippen molar-refractivity contribution in [3.63, 3.8) is 0 Å². The van der Waals surface area contributed by atoms with Crippen molar-refractivity contribution >= 4 is 54.5 Å². The highest BCUT2D eigenvalue weighted by Gasteiger charge is 2.16. The molecule has 11 rings (SSSR count). The molecule has 54 heavy (non-hydrogen) atoms. The third-order valence-electron chi connectivity index (χ3n) is 10.3. The average molecular weight is 692 g/mol. The number of benzene rings is 8. The van der Waals surface area contributed by atoms with E-state index in [1.54, 1.807) is 0 Å². The molecule has 0 bridgehead atoms. The number of nitrogens with zero attached hydrogens (tertiary/aromatic N) is 3. The van der Waals surface area contributed by atoms with Crippen LogP contribution in [0.5, 0.6) is 0 Å². The Bertz CT molecular complexity index is 3170. The Hall–Kier alpha value is -7.37. The zero-order valence-electron chi connectivity index (χ0n) is 28.9. The standard InChI is InChI=1S/C49H29N3O2/c1-2-10-36-28-46-42(26-35(36)9-1)41-27-38(24-25-44(41)54-46)49-51-47(33-20-16-31(17-21-33)40-14-7-12-30-8-3-5-13-39(30)40)50-48(52-49)34-22-18-32(19-23-34)45-29-37-11-4-6-15-43(37)53-45/h1-29H. The van der Waals surface area contributed by atoms with E-state index in [1.807, 2.05) is 42.5 Å². The van der Waals surface area contributed by atoms with Crippen LogP contribution in [0.1, 0.15) is 0 Å². The quantitative estimate of drug-likeness (QED) is 0.180. The lowest BCUT2D eigenvalue weighted by molar-refractivity contribution is 0.631. The first-order valence-electron chi connectivity index (χ1n) is 18.0. The third-order valence-corrected chi connectivity index (χ3v) is 10.3. The second-order valence-corrected chi connectivity index (χ2v) is 13.6. The Morgan fingerprint density at radius 1 is 0.296 bits per heavy atom. The number of furan rings is 2. The number of aromatic nitrogens is 3. The lowest BCUT2D eigenvalue weighted by atomic mass is 9.97. The van der Waals surface area contributed by atoms with Crippen LogP contribution in [-0.4, -0.2) is 15.0 Å². The van der Waals surface area contributed by atoms with Gasteiger partial charge in [-0.15, -0.1) is 0 Å². The summed E-state index contributed by atoms with van der Waals surface area (Å²) >= 11 is 0. The smallest absolute Gasteiger partial charge is 0.164 e. The highest BCUT2D eigenvalue weighted by Crippen LogP contribution is 2.36. The van der Waals surface area contributed by atoms with Crippen molar-refractivity contribution in [2.75, 3.05) is 0 Å². The van der Waals surface area contributed by atoms with Crippen molar-refractivity contribution in [3.8, 4) is 56.6 Å². The summed E-state index contributed by atoms with van der Waals surface area (Å²) in [6, 6.07) is 60.6. The van der Waals surface area contributed by atoms with Gasteiger partial charge >= 0.3 is 0 Å². The molecule has 3 aromatic heterocycles. The molecule has 8 aromatic carbocycles. The molecule has 0 saturated heterocycles. The number of rotatable bonds is 5. The van der Waals surface area contributed by atoms with Gasteiger partial charge in [0, 0.05) is 38.4 Å². The van der Waals surface area contributed by atoms with E-state index >= 15 is 0 Å². The minimum atomic E-state index is 0.589. The van der Waals surface area contributed by atoms with Gasteiger partial charge in [-0.1, -0.05) is 133 Å². The van der Waals surface area contributed by atoms with E-state index in [9.17, 15) is 0 Å². The summed E-state index contributed by atoms with van der Waals surface area (Å²) < 4.78 is 12.5. The molecule has 0 spiro atoms. The monoisotopic (exact) mass is 691 g/mol. The summed E-state index contributed by atoms with van der Waals surface area (Å²) in [6.45, 7) is 0. The first-order chi connectivity index (χ1) is 26.7. The zero-order valence-corrected chi connectivity index (χ0v) is 28.9. The fraction of sp³-hybridized carbons (Fsp3) is 0. The highest BCUT2D eigenvalue weighted by atomic mass is 16.3. The number of hydrogen-bond acceptors (Lipinski definition) is 5. The normalized spacial score (nSPS) is 11.7. The molecule has 0 N–H and O–H groups in total. The van der Waals surface area contributed by atoms with E-state index < -0.39 is 0 Å². The molecule has 0 amide bonds. The molecule has 0 unspecified atom stereocenters. The lowest BCUT2D eigenvalue weighted by Gasteiger charge is -2.10. The van der Waals surface area contributed by atoms with Gasteiger partial charge in [-0.3, -0.25) is 0 Å². The summed E-state index contributed by atoms with van der Waals surface area (Å²) in [4.78, 5) is 15.2. The Morgan fingerprint density at radius 2 is 0.852 bits per heavy atom. The largest absolute Gasteiger partial charge is 0.456 e. The van der Waals surface area contributed by atoms with Crippen LogP contribution in [-0.2, 0) is 0 Å². The SMILES string of the molecule is c1ccc2cc3c(cc2c1)oc1ccc(-c2nc(-c4ccc(-c5cc6ccccc6o5)cc4)nc(-c4ccc(-c5cccc6ccccc56)cc4)n2)cc13. The molecule has 0 aliphatic rings. The van der Waals surface area contributed by atoms with E-state index in [0.29, 0.717) is 17.5 Å². The molecule has 5 nitrogen and oxygen atoms in total. The molecular weight excluding hydrogens is 663 g/mol. The fourth-order valence-corrected chi connectivity index (χ4v) is 7.55. The first-order valence-corrected chi connectivity index (χ1v) is 18.0. The summed E-state index contributed by atoms with van der Waals surface area (Å²) in [5.41, 5.74) is 8.53. The van der Waals surface area contributed by atoms with E-state index in [2.05, 4.69) is 133 Å². The van der Waals surface area contributed by atoms with E-state index in [4.69, 9.17) is 23.8 Å². The molecule has 252 valence electrons. The third kappa shape index (κ3) is 5.13. The van der Waals surface area contributed by atoms with Crippen molar-refractivity contribution in [1.29, 1.82) is 0 Å². The maximum Gasteiger partial charge on any atom is 0.164 e. The van der Waals surface area contributed by atoms with Crippen LogP contribution < -0.4 is 0 Å². The van der Waals surface area contributed by atoms with Gasteiger partial charge in [0.2, 0.25) is 0 Å². The topological polar surface area (TPSA) is 65.0 Å². The predicted octanol–water partition coefficient (Wildman–Crippen LogP) is 13.2. The molecule has 0 aliphatic heterocycles. The Morgan fingerprint density at radius 3 is 1.59 bits per heavy atom. The van der Waals surface area contributed by atoms with Crippen molar-refractivity contribution < 1.29 is 8.83 Å². The second kappa shape index (κ2) is 12.1. The van der Waals surface area contributed by atoms with Gasteiger partial charge < -0.3 is 8.83 Å². The molecule has 5 heteroatoms.